The highest BCUT2D eigenvalue weighted by molar-refractivity contribution is 9.10. The third-order valence-electron chi connectivity index (χ3n) is 3.93. The van der Waals surface area contributed by atoms with E-state index in [1.807, 2.05) is 29.6 Å². The molecule has 0 amide bonds. The average Bonchev–Trinajstić information content (AvgIpc) is 3.31. The first kappa shape index (κ1) is 15.7. The summed E-state index contributed by atoms with van der Waals surface area (Å²) in [7, 11) is 0. The predicted molar refractivity (Wildman–Crippen MR) is 95.3 cm³/mol. The van der Waals surface area contributed by atoms with E-state index in [0.717, 1.165) is 39.4 Å². The highest BCUT2D eigenvalue weighted by Crippen LogP contribution is 2.39. The molecule has 0 saturated heterocycles. The molecule has 1 aliphatic rings. The van der Waals surface area contributed by atoms with Gasteiger partial charge in [0.05, 0.1) is 5.69 Å². The van der Waals surface area contributed by atoms with Crippen molar-refractivity contribution >= 4 is 33.0 Å². The van der Waals surface area contributed by atoms with Crippen molar-refractivity contribution in [3.05, 3.63) is 68.8 Å². The van der Waals surface area contributed by atoms with Crippen molar-refractivity contribution in [2.45, 2.75) is 18.9 Å². The SMILES string of the molecule is Fc1ccc(N=c2scc(-c3ccccc3Br)n2C2CC2)c(F)c1. The van der Waals surface area contributed by atoms with Crippen LogP contribution in [-0.4, -0.2) is 4.57 Å². The van der Waals surface area contributed by atoms with Gasteiger partial charge in [-0.25, -0.2) is 13.8 Å². The number of benzene rings is 2. The van der Waals surface area contributed by atoms with Crippen molar-refractivity contribution in [2.75, 3.05) is 0 Å². The zero-order valence-electron chi connectivity index (χ0n) is 12.5. The van der Waals surface area contributed by atoms with Gasteiger partial charge in [0.1, 0.15) is 11.5 Å². The molecule has 4 rings (SSSR count). The molecule has 1 fully saturated rings. The maximum atomic E-state index is 13.9. The summed E-state index contributed by atoms with van der Waals surface area (Å²) in [4.78, 5) is 5.17. The van der Waals surface area contributed by atoms with Gasteiger partial charge in [-0.1, -0.05) is 34.1 Å². The Morgan fingerprint density at radius 2 is 1.92 bits per heavy atom. The van der Waals surface area contributed by atoms with Crippen LogP contribution in [0.1, 0.15) is 18.9 Å². The van der Waals surface area contributed by atoms with Crippen molar-refractivity contribution in [2.24, 2.45) is 4.99 Å². The van der Waals surface area contributed by atoms with Gasteiger partial charge < -0.3 is 4.57 Å². The minimum absolute atomic E-state index is 0.159. The molecule has 0 radical (unpaired) electrons. The monoisotopic (exact) mass is 406 g/mol. The summed E-state index contributed by atoms with van der Waals surface area (Å²) >= 11 is 5.06. The highest BCUT2D eigenvalue weighted by Gasteiger charge is 2.27. The van der Waals surface area contributed by atoms with Crippen LogP contribution < -0.4 is 4.80 Å². The highest BCUT2D eigenvalue weighted by atomic mass is 79.9. The summed E-state index contributed by atoms with van der Waals surface area (Å²) in [6.45, 7) is 0. The molecule has 6 heteroatoms. The Bertz CT molecular complexity index is 973. The Labute approximate surface area is 150 Å². The van der Waals surface area contributed by atoms with E-state index in [9.17, 15) is 8.78 Å². The zero-order chi connectivity index (χ0) is 16.7. The van der Waals surface area contributed by atoms with Crippen LogP contribution in [0.4, 0.5) is 14.5 Å². The van der Waals surface area contributed by atoms with E-state index >= 15 is 0 Å². The Balaban J connectivity index is 1.89. The molecular weight excluding hydrogens is 394 g/mol. The molecule has 0 bridgehead atoms. The molecule has 2 aromatic carbocycles. The minimum Gasteiger partial charge on any atom is -0.313 e. The third-order valence-corrected chi connectivity index (χ3v) is 5.46. The Morgan fingerprint density at radius 3 is 2.62 bits per heavy atom. The van der Waals surface area contributed by atoms with E-state index in [-0.39, 0.29) is 5.69 Å². The van der Waals surface area contributed by atoms with Gasteiger partial charge in [-0.3, -0.25) is 0 Å². The summed E-state index contributed by atoms with van der Waals surface area (Å²) in [5, 5.41) is 2.04. The Morgan fingerprint density at radius 1 is 1.12 bits per heavy atom. The third kappa shape index (κ3) is 2.96. The van der Waals surface area contributed by atoms with E-state index in [1.165, 1.54) is 23.5 Å². The van der Waals surface area contributed by atoms with Gasteiger partial charge in [0.15, 0.2) is 10.6 Å². The van der Waals surface area contributed by atoms with Crippen LogP contribution in [-0.2, 0) is 0 Å². The van der Waals surface area contributed by atoms with Gasteiger partial charge in [-0.2, -0.15) is 0 Å². The molecule has 1 heterocycles. The van der Waals surface area contributed by atoms with Crippen molar-refractivity contribution < 1.29 is 8.78 Å². The second-order valence-corrected chi connectivity index (χ2v) is 7.38. The van der Waals surface area contributed by atoms with Crippen LogP contribution in [0.3, 0.4) is 0 Å². The number of hydrogen-bond acceptors (Lipinski definition) is 2. The molecule has 3 aromatic rings. The number of halogens is 3. The van der Waals surface area contributed by atoms with Gasteiger partial charge >= 0.3 is 0 Å². The molecule has 0 unspecified atom stereocenters. The predicted octanol–water partition coefficient (Wildman–Crippen LogP) is 5.82. The largest absolute Gasteiger partial charge is 0.313 e. The van der Waals surface area contributed by atoms with Crippen LogP contribution >= 0.6 is 27.3 Å². The Kier molecular flexibility index (Phi) is 4.10. The zero-order valence-corrected chi connectivity index (χ0v) is 14.9. The molecule has 122 valence electrons. The van der Waals surface area contributed by atoms with Crippen molar-refractivity contribution in [1.82, 2.24) is 4.57 Å². The normalized spacial score (nSPS) is 15.0. The number of rotatable bonds is 3. The first-order chi connectivity index (χ1) is 11.6. The summed E-state index contributed by atoms with van der Waals surface area (Å²) in [5.74, 6) is -1.24. The number of thiazole rings is 1. The molecule has 2 nitrogen and oxygen atoms in total. The van der Waals surface area contributed by atoms with Crippen LogP contribution in [0.25, 0.3) is 11.3 Å². The van der Waals surface area contributed by atoms with Gasteiger partial charge in [0, 0.05) is 27.5 Å². The second kappa shape index (κ2) is 6.26. The number of aromatic nitrogens is 1. The van der Waals surface area contributed by atoms with Crippen molar-refractivity contribution in [3.63, 3.8) is 0 Å². The lowest BCUT2D eigenvalue weighted by Gasteiger charge is -2.09. The van der Waals surface area contributed by atoms with E-state index in [0.29, 0.717) is 6.04 Å². The van der Waals surface area contributed by atoms with E-state index in [2.05, 4.69) is 25.5 Å². The van der Waals surface area contributed by atoms with Gasteiger partial charge in [-0.15, -0.1) is 11.3 Å². The topological polar surface area (TPSA) is 17.3 Å². The Hall–Kier alpha value is -1.79. The van der Waals surface area contributed by atoms with E-state index in [4.69, 9.17) is 0 Å². The van der Waals surface area contributed by atoms with E-state index in [1.54, 1.807) is 0 Å². The molecule has 24 heavy (non-hydrogen) atoms. The van der Waals surface area contributed by atoms with Crippen LogP contribution in [0, 0.1) is 11.6 Å². The van der Waals surface area contributed by atoms with Crippen LogP contribution in [0.2, 0.25) is 0 Å². The standard InChI is InChI=1S/C18H13BrF2N2S/c19-14-4-2-1-3-13(14)17-10-24-18(23(17)12-6-7-12)22-16-8-5-11(20)9-15(16)21/h1-5,8-10,12H,6-7H2. The van der Waals surface area contributed by atoms with Crippen molar-refractivity contribution in [1.29, 1.82) is 0 Å². The fraction of sp³-hybridized carbons (Fsp3) is 0.167. The summed E-state index contributed by atoms with van der Waals surface area (Å²) in [6.07, 6.45) is 2.18. The molecule has 0 atom stereocenters. The number of hydrogen-bond donors (Lipinski definition) is 0. The lowest BCUT2D eigenvalue weighted by molar-refractivity contribution is 0.584. The fourth-order valence-electron chi connectivity index (χ4n) is 2.63. The quantitative estimate of drug-likeness (QED) is 0.520. The second-order valence-electron chi connectivity index (χ2n) is 5.69. The first-order valence-corrected chi connectivity index (χ1v) is 9.25. The average molecular weight is 407 g/mol. The molecular formula is C18H13BrF2N2S. The summed E-state index contributed by atoms with van der Waals surface area (Å²) in [6, 6.07) is 11.9. The number of nitrogens with zero attached hydrogens (tertiary/aromatic N) is 2. The lowest BCUT2D eigenvalue weighted by atomic mass is 10.2. The maximum absolute atomic E-state index is 13.9. The van der Waals surface area contributed by atoms with Gasteiger partial charge in [0.25, 0.3) is 0 Å². The van der Waals surface area contributed by atoms with Gasteiger partial charge in [0.2, 0.25) is 0 Å². The first-order valence-electron chi connectivity index (χ1n) is 7.58. The van der Waals surface area contributed by atoms with Crippen LogP contribution in [0.15, 0.2) is 57.3 Å². The van der Waals surface area contributed by atoms with Gasteiger partial charge in [-0.05, 0) is 31.0 Å². The van der Waals surface area contributed by atoms with Crippen LogP contribution in [0.5, 0.6) is 0 Å². The molecule has 1 aliphatic carbocycles. The smallest absolute Gasteiger partial charge is 0.190 e. The van der Waals surface area contributed by atoms with E-state index < -0.39 is 11.6 Å². The molecule has 1 saturated carbocycles. The maximum Gasteiger partial charge on any atom is 0.190 e. The molecule has 1 aromatic heterocycles. The minimum atomic E-state index is -0.645. The van der Waals surface area contributed by atoms with Crippen molar-refractivity contribution in [3.8, 4) is 11.3 Å². The molecule has 0 aliphatic heterocycles. The molecule has 0 N–H and O–H groups in total. The molecule has 0 spiro atoms. The summed E-state index contributed by atoms with van der Waals surface area (Å²) < 4.78 is 30.2. The fourth-order valence-corrected chi connectivity index (χ4v) is 4.09. The lowest BCUT2D eigenvalue weighted by Crippen LogP contribution is -2.14. The summed E-state index contributed by atoms with van der Waals surface area (Å²) in [5.41, 5.74) is 2.31.